The van der Waals surface area contributed by atoms with Gasteiger partial charge in [-0.1, -0.05) is 12.2 Å². The molecule has 0 unspecified atom stereocenters. The number of nitrogens with zero attached hydrogens (tertiary/aromatic N) is 3. The molecule has 2 N–H and O–H groups in total. The van der Waals surface area contributed by atoms with Crippen molar-refractivity contribution in [1.29, 1.82) is 0 Å². The van der Waals surface area contributed by atoms with Gasteiger partial charge in [-0.3, -0.25) is 9.74 Å². The molecule has 2 amide bonds. The molecular formula is C21H26FN5O4S. The molecule has 0 spiro atoms. The Kier molecular flexibility index (Phi) is 7.35. The number of ether oxygens (including phenoxy) is 2. The van der Waals surface area contributed by atoms with Crippen LogP contribution in [0.4, 0.5) is 25.4 Å². The molecule has 2 aliphatic rings. The van der Waals surface area contributed by atoms with Crippen LogP contribution < -0.4 is 20.4 Å². The highest BCUT2D eigenvalue weighted by Gasteiger charge is 2.43. The van der Waals surface area contributed by atoms with Crippen molar-refractivity contribution in [3.05, 3.63) is 35.4 Å². The predicted molar refractivity (Wildman–Crippen MR) is 121 cm³/mol. The van der Waals surface area contributed by atoms with Crippen LogP contribution in [0.5, 0.6) is 0 Å². The van der Waals surface area contributed by atoms with E-state index in [4.69, 9.17) is 28.3 Å². The van der Waals surface area contributed by atoms with E-state index in [1.54, 1.807) is 26.0 Å². The molecule has 0 bridgehead atoms. The van der Waals surface area contributed by atoms with Crippen LogP contribution in [-0.4, -0.2) is 61.7 Å². The minimum absolute atomic E-state index is 0.220. The molecule has 0 aliphatic carbocycles. The molecule has 11 heteroatoms. The lowest BCUT2D eigenvalue weighted by Gasteiger charge is -2.35. The number of nitrogens with one attached hydrogen (secondary N) is 2. The van der Waals surface area contributed by atoms with E-state index in [1.807, 2.05) is 4.90 Å². The lowest BCUT2D eigenvalue weighted by Crippen LogP contribution is -2.53. The second-order valence-electron chi connectivity index (χ2n) is 7.67. The Bertz CT molecular complexity index is 929. The quantitative estimate of drug-likeness (QED) is 0.495. The third-order valence-electron chi connectivity index (χ3n) is 5.45. The number of hydrogen-bond acceptors (Lipinski definition) is 6. The van der Waals surface area contributed by atoms with Gasteiger partial charge in [-0.2, -0.15) is 0 Å². The summed E-state index contributed by atoms with van der Waals surface area (Å²) in [4.78, 5) is 31.4. The molecule has 0 aromatic heterocycles. The largest absolute Gasteiger partial charge is 0.450 e. The van der Waals surface area contributed by atoms with Gasteiger partial charge in [-0.25, -0.2) is 25.9 Å². The molecule has 172 valence electrons. The van der Waals surface area contributed by atoms with E-state index in [-0.39, 0.29) is 12.7 Å². The first-order chi connectivity index (χ1) is 15.3. The maximum atomic E-state index is 15.0. The van der Waals surface area contributed by atoms with E-state index >= 15 is 0 Å². The number of hydrogen-bond donors (Lipinski definition) is 2. The SMILES string of the molecule is [C-]#[N+]C1(NC(=O)OCC)CCN(c2ccc(N3C[C@H](CNC(C)=S)OC3=O)cc2F)CC1. The Morgan fingerprint density at radius 3 is 2.75 bits per heavy atom. The summed E-state index contributed by atoms with van der Waals surface area (Å²) in [7, 11) is 0. The third kappa shape index (κ3) is 5.37. The zero-order chi connectivity index (χ0) is 23.3. The summed E-state index contributed by atoms with van der Waals surface area (Å²) >= 11 is 4.97. The third-order valence-corrected chi connectivity index (χ3v) is 5.60. The van der Waals surface area contributed by atoms with Crippen molar-refractivity contribution in [2.75, 3.05) is 42.6 Å². The van der Waals surface area contributed by atoms with Crippen molar-refractivity contribution in [2.24, 2.45) is 0 Å². The fourth-order valence-electron chi connectivity index (χ4n) is 3.76. The van der Waals surface area contributed by atoms with Crippen molar-refractivity contribution < 1.29 is 23.5 Å². The minimum atomic E-state index is -1.05. The number of carbonyl (C=O) groups excluding carboxylic acids is 2. The van der Waals surface area contributed by atoms with E-state index in [2.05, 4.69) is 15.5 Å². The van der Waals surface area contributed by atoms with E-state index < -0.39 is 23.7 Å². The van der Waals surface area contributed by atoms with Gasteiger partial charge in [0.15, 0.2) is 0 Å². The van der Waals surface area contributed by atoms with Crippen LogP contribution in [0.1, 0.15) is 26.7 Å². The highest BCUT2D eigenvalue weighted by molar-refractivity contribution is 7.80. The average Bonchev–Trinajstić information content (AvgIpc) is 3.13. The number of benzene rings is 1. The first-order valence-electron chi connectivity index (χ1n) is 10.4. The predicted octanol–water partition coefficient (Wildman–Crippen LogP) is 3.05. The molecule has 9 nitrogen and oxygen atoms in total. The number of piperidine rings is 1. The van der Waals surface area contributed by atoms with Crippen LogP contribution in [0.15, 0.2) is 18.2 Å². The van der Waals surface area contributed by atoms with Gasteiger partial charge in [0.1, 0.15) is 11.9 Å². The van der Waals surface area contributed by atoms with Crippen LogP contribution in [0.2, 0.25) is 0 Å². The molecule has 1 atom stereocenters. The Labute approximate surface area is 191 Å². The standard InChI is InChI=1S/C21H26FN5O4S/c1-4-30-19(28)25-21(23-3)7-9-26(10-8-21)18-6-5-15(11-17(18)22)27-13-16(31-20(27)29)12-24-14(2)32/h5-6,11,16H,4,7-10,12-13H2,1-2H3,(H,24,32)(H,25,28)/t16-/m0/s1. The number of amides is 2. The first-order valence-corrected chi connectivity index (χ1v) is 10.8. The number of cyclic esters (lactones) is 1. The van der Waals surface area contributed by atoms with Crippen LogP contribution in [-0.2, 0) is 9.47 Å². The van der Waals surface area contributed by atoms with Crippen LogP contribution in [0.25, 0.3) is 4.85 Å². The zero-order valence-electron chi connectivity index (χ0n) is 18.0. The molecule has 1 aromatic rings. The van der Waals surface area contributed by atoms with Crippen LogP contribution >= 0.6 is 12.2 Å². The maximum Gasteiger partial charge on any atom is 0.414 e. The van der Waals surface area contributed by atoms with Gasteiger partial charge in [0.05, 0.1) is 48.9 Å². The zero-order valence-corrected chi connectivity index (χ0v) is 18.8. The summed E-state index contributed by atoms with van der Waals surface area (Å²) < 4.78 is 25.1. The molecule has 3 rings (SSSR count). The van der Waals surface area contributed by atoms with Crippen LogP contribution in [0.3, 0.4) is 0 Å². The van der Waals surface area contributed by atoms with Crippen molar-refractivity contribution in [2.45, 2.75) is 38.5 Å². The Balaban J connectivity index is 1.64. The molecule has 0 radical (unpaired) electrons. The number of halogens is 1. The van der Waals surface area contributed by atoms with E-state index in [9.17, 15) is 14.0 Å². The summed E-state index contributed by atoms with van der Waals surface area (Å²) in [5, 5.41) is 5.60. The summed E-state index contributed by atoms with van der Waals surface area (Å²) in [5.41, 5.74) is -0.262. The van der Waals surface area contributed by atoms with Gasteiger partial charge < -0.3 is 19.7 Å². The highest BCUT2D eigenvalue weighted by Crippen LogP contribution is 2.32. The van der Waals surface area contributed by atoms with Crippen molar-refractivity contribution >= 4 is 40.8 Å². The number of rotatable bonds is 6. The second-order valence-corrected chi connectivity index (χ2v) is 8.28. The highest BCUT2D eigenvalue weighted by atomic mass is 32.1. The fourth-order valence-corrected chi connectivity index (χ4v) is 3.84. The molecule has 2 fully saturated rings. The summed E-state index contributed by atoms with van der Waals surface area (Å²) in [6.45, 7) is 12.6. The smallest absolute Gasteiger partial charge is 0.414 e. The summed E-state index contributed by atoms with van der Waals surface area (Å²) in [5.74, 6) is -0.472. The topological polar surface area (TPSA) is 87.5 Å². The number of thiocarbonyl (C=S) groups is 1. The van der Waals surface area contributed by atoms with E-state index in [1.165, 1.54) is 11.0 Å². The molecule has 0 saturated carbocycles. The summed E-state index contributed by atoms with van der Waals surface area (Å²) in [6, 6.07) is 4.60. The van der Waals surface area contributed by atoms with E-state index in [0.717, 1.165) is 0 Å². The molecule has 1 aromatic carbocycles. The normalized spacial score (nSPS) is 19.7. The van der Waals surface area contributed by atoms with Gasteiger partial charge in [0, 0.05) is 13.1 Å². The van der Waals surface area contributed by atoms with Gasteiger partial charge >= 0.3 is 17.8 Å². The monoisotopic (exact) mass is 463 g/mol. The fraction of sp³-hybridized carbons (Fsp3) is 0.524. The maximum absolute atomic E-state index is 15.0. The molecule has 32 heavy (non-hydrogen) atoms. The number of alkyl carbamates (subject to hydrolysis) is 1. The van der Waals surface area contributed by atoms with Gasteiger partial charge in [-0.15, -0.1) is 0 Å². The lowest BCUT2D eigenvalue weighted by atomic mass is 9.97. The first kappa shape index (κ1) is 23.5. The lowest BCUT2D eigenvalue weighted by molar-refractivity contribution is 0.138. The minimum Gasteiger partial charge on any atom is -0.450 e. The molecule has 2 saturated heterocycles. The Morgan fingerprint density at radius 1 is 1.44 bits per heavy atom. The Morgan fingerprint density at radius 2 is 2.16 bits per heavy atom. The van der Waals surface area contributed by atoms with Crippen LogP contribution in [0, 0.1) is 12.4 Å². The number of anilines is 2. The molecule has 2 aliphatic heterocycles. The average molecular weight is 464 g/mol. The summed E-state index contributed by atoms with van der Waals surface area (Å²) in [6.07, 6.45) is -0.861. The second kappa shape index (κ2) is 9.99. The van der Waals surface area contributed by atoms with Crippen molar-refractivity contribution in [3.63, 3.8) is 0 Å². The molecule has 2 heterocycles. The van der Waals surface area contributed by atoms with E-state index in [0.29, 0.717) is 55.4 Å². The molecular weight excluding hydrogens is 437 g/mol. The van der Waals surface area contributed by atoms with Gasteiger partial charge in [0.25, 0.3) is 0 Å². The van der Waals surface area contributed by atoms with Crippen molar-refractivity contribution in [3.8, 4) is 0 Å². The van der Waals surface area contributed by atoms with Gasteiger partial charge in [0.2, 0.25) is 0 Å². The van der Waals surface area contributed by atoms with Crippen molar-refractivity contribution in [1.82, 2.24) is 10.6 Å². The Hall–Kier alpha value is -3.13. The van der Waals surface area contributed by atoms with Gasteiger partial charge in [-0.05, 0) is 32.0 Å². The number of carbonyl (C=O) groups is 2.